The highest BCUT2D eigenvalue weighted by molar-refractivity contribution is 6.12. The molecule has 0 radical (unpaired) electrons. The molecule has 0 spiro atoms. The molecule has 1 N–H and O–H groups in total. The lowest BCUT2D eigenvalue weighted by Gasteiger charge is -2.35. The van der Waals surface area contributed by atoms with Crippen molar-refractivity contribution in [2.75, 3.05) is 12.0 Å². The molecule has 1 aliphatic rings. The minimum absolute atomic E-state index is 0.0375. The number of hydrogen-bond donors (Lipinski definition) is 1. The van der Waals surface area contributed by atoms with Crippen molar-refractivity contribution in [1.29, 1.82) is 0 Å². The molecule has 2 aromatic heterocycles. The smallest absolute Gasteiger partial charge is 0.264 e. The van der Waals surface area contributed by atoms with Crippen LogP contribution in [0.4, 0.5) is 15.8 Å². The quantitative estimate of drug-likeness (QED) is 0.250. The van der Waals surface area contributed by atoms with Gasteiger partial charge >= 0.3 is 0 Å². The second kappa shape index (κ2) is 11.6. The maximum Gasteiger partial charge on any atom is 0.264 e. The Morgan fingerprint density at radius 1 is 1.00 bits per heavy atom. The first-order chi connectivity index (χ1) is 21.6. The molecular weight excluding hydrogens is 573 g/mol. The van der Waals surface area contributed by atoms with Crippen LogP contribution in [0.25, 0.3) is 11.3 Å². The summed E-state index contributed by atoms with van der Waals surface area (Å²) in [6.07, 6.45) is 4.01. The highest BCUT2D eigenvalue weighted by Crippen LogP contribution is 2.37. The van der Waals surface area contributed by atoms with Crippen LogP contribution >= 0.6 is 0 Å². The lowest BCUT2D eigenvalue weighted by Crippen LogP contribution is -2.42. The number of amides is 2. The highest BCUT2D eigenvalue weighted by atomic mass is 19.1. The number of hydrogen-bond acceptors (Lipinski definition) is 5. The molecule has 2 amide bonds. The Bertz CT molecular complexity index is 1930. The highest BCUT2D eigenvalue weighted by Gasteiger charge is 2.32. The van der Waals surface area contributed by atoms with E-state index in [1.54, 1.807) is 65.8 Å². The van der Waals surface area contributed by atoms with Gasteiger partial charge in [0.05, 0.1) is 30.1 Å². The predicted molar refractivity (Wildman–Crippen MR) is 169 cm³/mol. The number of carbonyl (C=O) groups is 2. The summed E-state index contributed by atoms with van der Waals surface area (Å²) < 4.78 is 24.0. The van der Waals surface area contributed by atoms with Crippen molar-refractivity contribution in [3.05, 3.63) is 113 Å². The zero-order valence-corrected chi connectivity index (χ0v) is 25.8. The van der Waals surface area contributed by atoms with E-state index in [-0.39, 0.29) is 34.9 Å². The molecule has 10 heteroatoms. The number of aromatic nitrogens is 3. The number of aromatic hydroxyl groups is 1. The third-order valence-corrected chi connectivity index (χ3v) is 8.59. The van der Waals surface area contributed by atoms with E-state index in [0.29, 0.717) is 46.9 Å². The van der Waals surface area contributed by atoms with Gasteiger partial charge in [0, 0.05) is 55.5 Å². The van der Waals surface area contributed by atoms with Gasteiger partial charge in [0.1, 0.15) is 5.75 Å². The van der Waals surface area contributed by atoms with Crippen molar-refractivity contribution in [3.63, 3.8) is 0 Å². The molecule has 0 saturated heterocycles. The van der Waals surface area contributed by atoms with Crippen LogP contribution in [-0.4, -0.2) is 49.3 Å². The second-order valence-electron chi connectivity index (χ2n) is 11.4. The van der Waals surface area contributed by atoms with Crippen LogP contribution in [-0.2, 0) is 27.1 Å². The van der Waals surface area contributed by atoms with Crippen molar-refractivity contribution in [2.24, 2.45) is 14.1 Å². The third-order valence-electron chi connectivity index (χ3n) is 8.59. The molecule has 1 atom stereocenters. The Morgan fingerprint density at radius 3 is 2.38 bits per heavy atom. The molecule has 3 aromatic carbocycles. The SMILES string of the molecule is COc1cc(C(=O)N2Cc3ccccc3C[C@H]2C)c(-c2cc(C(=O)N(c3ccc(O)cc3)c3cnn(C)c3)c(C)n2C)cc1F. The van der Waals surface area contributed by atoms with E-state index < -0.39 is 5.82 Å². The van der Waals surface area contributed by atoms with Gasteiger partial charge in [0.15, 0.2) is 11.6 Å². The molecule has 0 saturated carbocycles. The lowest BCUT2D eigenvalue weighted by atomic mass is 9.93. The molecular formula is C35H34FN5O4. The van der Waals surface area contributed by atoms with Crippen LogP contribution in [0.3, 0.4) is 0 Å². The first kappa shape index (κ1) is 29.7. The van der Waals surface area contributed by atoms with E-state index in [2.05, 4.69) is 11.2 Å². The van der Waals surface area contributed by atoms with Gasteiger partial charge in [-0.25, -0.2) is 4.39 Å². The van der Waals surface area contributed by atoms with Gasteiger partial charge < -0.3 is 19.3 Å². The Kier molecular flexibility index (Phi) is 7.66. The molecule has 3 heterocycles. The van der Waals surface area contributed by atoms with Crippen molar-refractivity contribution in [2.45, 2.75) is 32.9 Å². The molecule has 0 bridgehead atoms. The summed E-state index contributed by atoms with van der Waals surface area (Å²) in [5.41, 5.74) is 5.46. The van der Waals surface area contributed by atoms with Gasteiger partial charge in [0.25, 0.3) is 11.8 Å². The minimum Gasteiger partial charge on any atom is -0.508 e. The average Bonchev–Trinajstić information content (AvgIpc) is 3.59. The van der Waals surface area contributed by atoms with Crippen molar-refractivity contribution in [1.82, 2.24) is 19.2 Å². The number of rotatable bonds is 6. The predicted octanol–water partition coefficient (Wildman–Crippen LogP) is 6.15. The molecule has 0 fully saturated rings. The van der Waals surface area contributed by atoms with E-state index >= 15 is 4.39 Å². The van der Waals surface area contributed by atoms with E-state index in [0.717, 1.165) is 5.56 Å². The molecule has 5 aromatic rings. The van der Waals surface area contributed by atoms with Crippen molar-refractivity contribution in [3.8, 4) is 22.8 Å². The summed E-state index contributed by atoms with van der Waals surface area (Å²) in [6, 6.07) is 18.7. The summed E-state index contributed by atoms with van der Waals surface area (Å²) in [6.45, 7) is 4.24. The van der Waals surface area contributed by atoms with Gasteiger partial charge in [-0.05, 0) is 73.9 Å². The summed E-state index contributed by atoms with van der Waals surface area (Å²) in [5.74, 6) is -1.19. The van der Waals surface area contributed by atoms with Crippen LogP contribution in [0.1, 0.15) is 44.5 Å². The summed E-state index contributed by atoms with van der Waals surface area (Å²) >= 11 is 0. The number of methoxy groups -OCH3 is 1. The van der Waals surface area contributed by atoms with E-state index in [1.807, 2.05) is 25.1 Å². The zero-order chi connectivity index (χ0) is 32.0. The number of nitrogens with zero attached hydrogens (tertiary/aromatic N) is 5. The van der Waals surface area contributed by atoms with Crippen molar-refractivity contribution >= 4 is 23.2 Å². The normalized spacial score (nSPS) is 14.3. The molecule has 0 unspecified atom stereocenters. The number of ether oxygens (including phenoxy) is 1. The lowest BCUT2D eigenvalue weighted by molar-refractivity contribution is 0.0658. The third kappa shape index (κ3) is 5.32. The number of halogens is 1. The zero-order valence-electron chi connectivity index (χ0n) is 25.8. The Balaban J connectivity index is 1.45. The first-order valence-electron chi connectivity index (χ1n) is 14.6. The van der Waals surface area contributed by atoms with Crippen LogP contribution in [0.15, 0.2) is 79.1 Å². The van der Waals surface area contributed by atoms with Crippen LogP contribution in [0.2, 0.25) is 0 Å². The number of carbonyl (C=O) groups excluding carboxylic acids is 2. The Hall–Kier alpha value is -5.38. The van der Waals surface area contributed by atoms with Gasteiger partial charge in [-0.2, -0.15) is 5.10 Å². The number of phenols is 1. The van der Waals surface area contributed by atoms with Gasteiger partial charge in [-0.15, -0.1) is 0 Å². The largest absolute Gasteiger partial charge is 0.508 e. The number of phenolic OH excluding ortho intramolecular Hbond substituents is 1. The number of fused-ring (bicyclic) bond motifs is 1. The fourth-order valence-electron chi connectivity index (χ4n) is 6.01. The topological polar surface area (TPSA) is 92.8 Å². The van der Waals surface area contributed by atoms with Crippen LogP contribution < -0.4 is 9.64 Å². The van der Waals surface area contributed by atoms with Gasteiger partial charge in [-0.3, -0.25) is 19.2 Å². The van der Waals surface area contributed by atoms with Crippen LogP contribution in [0, 0.1) is 12.7 Å². The molecule has 6 rings (SSSR count). The fraction of sp³-hybridized carbons (Fsp3) is 0.229. The Labute approximate surface area is 260 Å². The monoisotopic (exact) mass is 607 g/mol. The Morgan fingerprint density at radius 2 is 1.71 bits per heavy atom. The van der Waals surface area contributed by atoms with Gasteiger partial charge in [-0.1, -0.05) is 24.3 Å². The minimum atomic E-state index is -0.617. The molecule has 1 aliphatic heterocycles. The maximum atomic E-state index is 15.3. The van der Waals surface area contributed by atoms with Crippen molar-refractivity contribution < 1.29 is 23.8 Å². The summed E-state index contributed by atoms with van der Waals surface area (Å²) in [4.78, 5) is 31.9. The number of anilines is 2. The van der Waals surface area contributed by atoms with E-state index in [1.165, 1.54) is 41.8 Å². The van der Waals surface area contributed by atoms with E-state index in [4.69, 9.17) is 4.74 Å². The van der Waals surface area contributed by atoms with Gasteiger partial charge in [0.2, 0.25) is 0 Å². The fourth-order valence-corrected chi connectivity index (χ4v) is 6.01. The summed E-state index contributed by atoms with van der Waals surface area (Å²) in [7, 11) is 4.91. The van der Waals surface area contributed by atoms with Crippen LogP contribution in [0.5, 0.6) is 11.5 Å². The molecule has 45 heavy (non-hydrogen) atoms. The summed E-state index contributed by atoms with van der Waals surface area (Å²) in [5, 5.41) is 14.1. The first-order valence-corrected chi connectivity index (χ1v) is 14.6. The van der Waals surface area contributed by atoms with E-state index in [9.17, 15) is 14.7 Å². The number of aryl methyl sites for hydroxylation is 1. The standard InChI is InChI=1S/C35H34FN5O4/c1-21-14-23-8-6-7-9-24(23)19-40(21)34(43)30-17-33(45-5)31(36)15-29(30)32-16-28(22(2)39(32)4)35(44)41(26-18-37-38(3)20-26)25-10-12-27(42)13-11-25/h6-13,15-18,20-21,42H,14,19H2,1-5H3/t21-/m1/s1. The maximum absolute atomic E-state index is 15.3. The number of benzene rings is 3. The second-order valence-corrected chi connectivity index (χ2v) is 11.4. The molecule has 230 valence electrons. The average molecular weight is 608 g/mol. The molecule has 9 nitrogen and oxygen atoms in total. The molecule has 0 aliphatic carbocycles.